The Morgan fingerprint density at radius 1 is 1.28 bits per heavy atom. The second kappa shape index (κ2) is 5.53. The molecule has 0 aliphatic carbocycles. The quantitative estimate of drug-likeness (QED) is 0.880. The molecule has 3 heteroatoms. The van der Waals surface area contributed by atoms with Crippen LogP contribution in [0.2, 0.25) is 0 Å². The van der Waals surface area contributed by atoms with E-state index in [1.165, 1.54) is 5.52 Å². The summed E-state index contributed by atoms with van der Waals surface area (Å²) in [5.41, 5.74) is 8.36. The van der Waals surface area contributed by atoms with Crippen molar-refractivity contribution in [2.75, 3.05) is 0 Å². The number of nitrogens with zero attached hydrogens (tertiary/aromatic N) is 2. The van der Waals surface area contributed by atoms with Crippen LogP contribution in [-0.2, 0) is 13.5 Å². The highest BCUT2D eigenvalue weighted by atomic mass is 15.1. The Bertz CT molecular complexity index is 513. The van der Waals surface area contributed by atoms with Gasteiger partial charge in [-0.2, -0.15) is 0 Å². The van der Waals surface area contributed by atoms with Crippen LogP contribution in [0.1, 0.15) is 32.5 Å². The number of para-hydroxylation sites is 2. The van der Waals surface area contributed by atoms with Gasteiger partial charge in [-0.1, -0.05) is 26.0 Å². The molecule has 0 saturated carbocycles. The average Bonchev–Trinajstić information content (AvgIpc) is 2.67. The molecule has 0 saturated heterocycles. The van der Waals surface area contributed by atoms with E-state index in [0.29, 0.717) is 12.0 Å². The molecule has 1 aromatic carbocycles. The third-order valence-electron chi connectivity index (χ3n) is 3.67. The first-order valence-electron chi connectivity index (χ1n) is 6.75. The third kappa shape index (κ3) is 2.72. The summed E-state index contributed by atoms with van der Waals surface area (Å²) in [5.74, 6) is 1.72. The van der Waals surface area contributed by atoms with Crippen molar-refractivity contribution >= 4 is 11.0 Å². The van der Waals surface area contributed by atoms with E-state index in [0.717, 1.165) is 30.6 Å². The topological polar surface area (TPSA) is 43.8 Å². The molecule has 1 atom stereocenters. The van der Waals surface area contributed by atoms with Crippen molar-refractivity contribution in [1.29, 1.82) is 0 Å². The lowest BCUT2D eigenvalue weighted by molar-refractivity contribution is 0.449. The summed E-state index contributed by atoms with van der Waals surface area (Å²) in [6, 6.07) is 8.58. The molecule has 0 radical (unpaired) electrons. The SMILES string of the molecule is CC(C)C(N)CCCc1nc2ccccc2n1C. The maximum Gasteiger partial charge on any atom is 0.109 e. The lowest BCUT2D eigenvalue weighted by atomic mass is 9.99. The van der Waals surface area contributed by atoms with Crippen LogP contribution in [-0.4, -0.2) is 15.6 Å². The lowest BCUT2D eigenvalue weighted by Gasteiger charge is -2.14. The van der Waals surface area contributed by atoms with Crippen molar-refractivity contribution in [1.82, 2.24) is 9.55 Å². The number of benzene rings is 1. The van der Waals surface area contributed by atoms with Crippen LogP contribution in [0.5, 0.6) is 0 Å². The molecule has 98 valence electrons. The summed E-state index contributed by atoms with van der Waals surface area (Å²) in [6.07, 6.45) is 3.18. The number of aromatic nitrogens is 2. The Morgan fingerprint density at radius 3 is 2.67 bits per heavy atom. The van der Waals surface area contributed by atoms with Crippen molar-refractivity contribution in [3.8, 4) is 0 Å². The van der Waals surface area contributed by atoms with Crippen molar-refractivity contribution in [2.24, 2.45) is 18.7 Å². The summed E-state index contributed by atoms with van der Waals surface area (Å²) < 4.78 is 2.19. The molecule has 1 aromatic heterocycles. The van der Waals surface area contributed by atoms with Crippen LogP contribution >= 0.6 is 0 Å². The number of hydrogen-bond donors (Lipinski definition) is 1. The zero-order chi connectivity index (χ0) is 13.1. The normalized spacial score (nSPS) is 13.4. The molecule has 0 fully saturated rings. The molecule has 2 aromatic rings. The Labute approximate surface area is 109 Å². The van der Waals surface area contributed by atoms with Crippen LogP contribution in [0.3, 0.4) is 0 Å². The van der Waals surface area contributed by atoms with E-state index >= 15 is 0 Å². The van der Waals surface area contributed by atoms with E-state index in [1.54, 1.807) is 0 Å². The summed E-state index contributed by atoms with van der Waals surface area (Å²) >= 11 is 0. The van der Waals surface area contributed by atoms with Gasteiger partial charge in [0.2, 0.25) is 0 Å². The first kappa shape index (κ1) is 13.1. The second-order valence-corrected chi connectivity index (χ2v) is 5.38. The van der Waals surface area contributed by atoms with E-state index in [1.807, 2.05) is 6.07 Å². The maximum absolute atomic E-state index is 6.07. The summed E-state index contributed by atoms with van der Waals surface area (Å²) in [4.78, 5) is 4.68. The number of rotatable bonds is 5. The van der Waals surface area contributed by atoms with Crippen LogP contribution < -0.4 is 5.73 Å². The van der Waals surface area contributed by atoms with Crippen molar-refractivity contribution in [3.63, 3.8) is 0 Å². The van der Waals surface area contributed by atoms with E-state index in [4.69, 9.17) is 5.73 Å². The Kier molecular flexibility index (Phi) is 4.02. The smallest absolute Gasteiger partial charge is 0.109 e. The largest absolute Gasteiger partial charge is 0.331 e. The van der Waals surface area contributed by atoms with Crippen molar-refractivity contribution in [2.45, 2.75) is 39.2 Å². The fraction of sp³-hybridized carbons (Fsp3) is 0.533. The molecular formula is C15H23N3. The Balaban J connectivity index is 2.02. The van der Waals surface area contributed by atoms with E-state index in [9.17, 15) is 0 Å². The average molecular weight is 245 g/mol. The van der Waals surface area contributed by atoms with Crippen LogP contribution in [0, 0.1) is 5.92 Å². The summed E-state index contributed by atoms with van der Waals surface area (Å²) in [7, 11) is 2.09. The van der Waals surface area contributed by atoms with Gasteiger partial charge in [-0.3, -0.25) is 0 Å². The number of nitrogens with two attached hydrogens (primary N) is 1. The predicted molar refractivity (Wildman–Crippen MR) is 76.5 cm³/mol. The molecule has 0 bridgehead atoms. The lowest BCUT2D eigenvalue weighted by Crippen LogP contribution is -2.26. The van der Waals surface area contributed by atoms with Crippen LogP contribution in [0.15, 0.2) is 24.3 Å². The highest BCUT2D eigenvalue weighted by Crippen LogP contribution is 2.16. The number of imidazole rings is 1. The van der Waals surface area contributed by atoms with E-state index < -0.39 is 0 Å². The molecule has 18 heavy (non-hydrogen) atoms. The van der Waals surface area contributed by atoms with Gasteiger partial charge in [-0.25, -0.2) is 4.98 Å². The van der Waals surface area contributed by atoms with Crippen LogP contribution in [0.4, 0.5) is 0 Å². The minimum Gasteiger partial charge on any atom is -0.331 e. The van der Waals surface area contributed by atoms with Gasteiger partial charge in [-0.05, 0) is 30.9 Å². The third-order valence-corrected chi connectivity index (χ3v) is 3.67. The van der Waals surface area contributed by atoms with Gasteiger partial charge in [0.05, 0.1) is 11.0 Å². The van der Waals surface area contributed by atoms with Gasteiger partial charge in [-0.15, -0.1) is 0 Å². The van der Waals surface area contributed by atoms with E-state index in [-0.39, 0.29) is 0 Å². The predicted octanol–water partition coefficient (Wildman–Crippen LogP) is 2.88. The fourth-order valence-corrected chi connectivity index (χ4v) is 2.25. The number of hydrogen-bond acceptors (Lipinski definition) is 2. The van der Waals surface area contributed by atoms with Gasteiger partial charge in [0.25, 0.3) is 0 Å². The van der Waals surface area contributed by atoms with Gasteiger partial charge in [0.1, 0.15) is 5.82 Å². The Hall–Kier alpha value is -1.35. The molecule has 1 unspecified atom stereocenters. The zero-order valence-corrected chi connectivity index (χ0v) is 11.6. The van der Waals surface area contributed by atoms with Gasteiger partial charge in [0, 0.05) is 19.5 Å². The summed E-state index contributed by atoms with van der Waals surface area (Å²) in [5, 5.41) is 0. The molecule has 2 N–H and O–H groups in total. The minimum atomic E-state index is 0.305. The summed E-state index contributed by atoms with van der Waals surface area (Å²) in [6.45, 7) is 4.36. The number of fused-ring (bicyclic) bond motifs is 1. The molecule has 0 spiro atoms. The number of aryl methyl sites for hydroxylation is 2. The first-order valence-corrected chi connectivity index (χ1v) is 6.75. The molecule has 0 aliphatic heterocycles. The molecule has 3 nitrogen and oxygen atoms in total. The van der Waals surface area contributed by atoms with Crippen molar-refractivity contribution in [3.05, 3.63) is 30.1 Å². The second-order valence-electron chi connectivity index (χ2n) is 5.38. The monoisotopic (exact) mass is 245 g/mol. The molecule has 2 rings (SSSR count). The maximum atomic E-state index is 6.07. The van der Waals surface area contributed by atoms with Crippen molar-refractivity contribution < 1.29 is 0 Å². The minimum absolute atomic E-state index is 0.305. The fourth-order valence-electron chi connectivity index (χ4n) is 2.25. The Morgan fingerprint density at radius 2 is 2.00 bits per heavy atom. The molecule has 0 amide bonds. The van der Waals surface area contributed by atoms with Gasteiger partial charge in [0.15, 0.2) is 0 Å². The molecular weight excluding hydrogens is 222 g/mol. The van der Waals surface area contributed by atoms with Gasteiger partial charge >= 0.3 is 0 Å². The first-order chi connectivity index (χ1) is 8.59. The van der Waals surface area contributed by atoms with Gasteiger partial charge < -0.3 is 10.3 Å². The standard InChI is InChI=1S/C15H23N3/c1-11(2)12(16)7-6-10-15-17-13-8-4-5-9-14(13)18(15)3/h4-5,8-9,11-12H,6-7,10,16H2,1-3H3. The van der Waals surface area contributed by atoms with Crippen LogP contribution in [0.25, 0.3) is 11.0 Å². The van der Waals surface area contributed by atoms with E-state index in [2.05, 4.69) is 48.6 Å². The highest BCUT2D eigenvalue weighted by Gasteiger charge is 2.10. The zero-order valence-electron chi connectivity index (χ0n) is 11.6. The molecule has 0 aliphatic rings. The highest BCUT2D eigenvalue weighted by molar-refractivity contribution is 5.75. The molecule has 1 heterocycles.